The molecule has 4 rings (SSSR count). The van der Waals surface area contributed by atoms with Gasteiger partial charge in [0.25, 0.3) is 10.0 Å². The molecule has 170 valence electrons. The van der Waals surface area contributed by atoms with Gasteiger partial charge in [-0.05, 0) is 68.9 Å². The number of imide groups is 1. The second-order valence-corrected chi connectivity index (χ2v) is 10.9. The highest BCUT2D eigenvalue weighted by molar-refractivity contribution is 7.92. The molecule has 2 unspecified atom stereocenters. The summed E-state index contributed by atoms with van der Waals surface area (Å²) in [5.41, 5.74) is 4.60. The summed E-state index contributed by atoms with van der Waals surface area (Å²) >= 11 is 0. The Morgan fingerprint density at radius 3 is 2.00 bits per heavy atom. The molecular weight excluding hydrogens is 424 g/mol. The number of nitrogens with zero attached hydrogens (tertiary/aromatic N) is 1. The predicted octanol–water partition coefficient (Wildman–Crippen LogP) is 4.40. The summed E-state index contributed by atoms with van der Waals surface area (Å²) < 4.78 is 29.3. The van der Waals surface area contributed by atoms with E-state index in [9.17, 15) is 18.0 Å². The Bertz CT molecular complexity index is 1160. The summed E-state index contributed by atoms with van der Waals surface area (Å²) in [7, 11) is -3.84. The van der Waals surface area contributed by atoms with E-state index in [1.807, 2.05) is 32.9 Å². The molecule has 6 nitrogen and oxygen atoms in total. The maximum Gasteiger partial charge on any atom is 0.262 e. The Morgan fingerprint density at radius 1 is 0.875 bits per heavy atom. The van der Waals surface area contributed by atoms with Gasteiger partial charge in [0.15, 0.2) is 0 Å². The molecular formula is C25H30N2O4S. The number of carbonyl (C=O) groups excluding carboxylic acids is 2. The zero-order valence-corrected chi connectivity index (χ0v) is 19.9. The lowest BCUT2D eigenvalue weighted by Crippen LogP contribution is -2.30. The first-order valence-corrected chi connectivity index (χ1v) is 12.6. The van der Waals surface area contributed by atoms with Crippen LogP contribution in [-0.4, -0.2) is 25.1 Å². The highest BCUT2D eigenvalue weighted by atomic mass is 32.2. The lowest BCUT2D eigenvalue weighted by atomic mass is 9.81. The lowest BCUT2D eigenvalue weighted by molar-refractivity contribution is -0.140. The smallest absolute Gasteiger partial charge is 0.262 e. The maximum atomic E-state index is 13.3. The van der Waals surface area contributed by atoms with E-state index in [0.717, 1.165) is 42.4 Å². The van der Waals surface area contributed by atoms with E-state index in [-0.39, 0.29) is 35.1 Å². The van der Waals surface area contributed by atoms with E-state index < -0.39 is 10.0 Å². The summed E-state index contributed by atoms with van der Waals surface area (Å²) in [4.78, 5) is 27.1. The molecule has 32 heavy (non-hydrogen) atoms. The molecule has 1 aliphatic heterocycles. The van der Waals surface area contributed by atoms with Gasteiger partial charge < -0.3 is 0 Å². The van der Waals surface area contributed by atoms with Crippen molar-refractivity contribution in [2.45, 2.75) is 64.8 Å². The minimum Gasteiger partial charge on any atom is -0.279 e. The van der Waals surface area contributed by atoms with Crippen molar-refractivity contribution in [2.75, 3.05) is 4.72 Å². The zero-order valence-electron chi connectivity index (χ0n) is 19.1. The number of hydrogen-bond donors (Lipinski definition) is 1. The zero-order chi connectivity index (χ0) is 23.2. The predicted molar refractivity (Wildman–Crippen MR) is 124 cm³/mol. The van der Waals surface area contributed by atoms with Gasteiger partial charge in [0, 0.05) is 0 Å². The Kier molecular flexibility index (Phi) is 5.88. The molecule has 0 bridgehead atoms. The van der Waals surface area contributed by atoms with E-state index >= 15 is 0 Å². The van der Waals surface area contributed by atoms with Gasteiger partial charge in [-0.2, -0.15) is 0 Å². The second-order valence-electron chi connectivity index (χ2n) is 9.24. The topological polar surface area (TPSA) is 83.6 Å². The minimum absolute atomic E-state index is 0.107. The van der Waals surface area contributed by atoms with Crippen LogP contribution in [0.1, 0.15) is 53.5 Å². The van der Waals surface area contributed by atoms with E-state index in [4.69, 9.17) is 0 Å². The van der Waals surface area contributed by atoms with Gasteiger partial charge in [0.1, 0.15) is 0 Å². The molecule has 0 aromatic heterocycles. The van der Waals surface area contributed by atoms with Crippen LogP contribution in [0.25, 0.3) is 0 Å². The first-order valence-electron chi connectivity index (χ1n) is 11.1. The number of anilines is 1. The molecule has 1 saturated heterocycles. The molecule has 1 N–H and O–H groups in total. The monoisotopic (exact) mass is 454 g/mol. The number of carbonyl (C=O) groups is 2. The molecule has 0 spiro atoms. The number of nitrogens with one attached hydrogen (secondary N) is 1. The van der Waals surface area contributed by atoms with E-state index in [1.54, 1.807) is 25.1 Å². The number of likely N-dealkylation sites (tertiary alicyclic amines) is 1. The average Bonchev–Trinajstić information content (AvgIpc) is 2.97. The number of fused-ring (bicyclic) bond motifs is 1. The third kappa shape index (κ3) is 4.06. The first kappa shape index (κ1) is 22.5. The molecule has 2 aliphatic rings. The lowest BCUT2D eigenvalue weighted by Gasteiger charge is -2.19. The van der Waals surface area contributed by atoms with Crippen LogP contribution in [0, 0.1) is 39.5 Å². The maximum absolute atomic E-state index is 13.3. The van der Waals surface area contributed by atoms with Gasteiger partial charge in [0.05, 0.1) is 29.0 Å². The average molecular weight is 455 g/mol. The summed E-state index contributed by atoms with van der Waals surface area (Å²) in [6.07, 6.45) is 3.48. The van der Waals surface area contributed by atoms with Crippen molar-refractivity contribution >= 4 is 27.5 Å². The van der Waals surface area contributed by atoms with Crippen molar-refractivity contribution in [1.29, 1.82) is 0 Å². The van der Waals surface area contributed by atoms with Crippen LogP contribution in [-0.2, 0) is 26.2 Å². The van der Waals surface area contributed by atoms with Crippen molar-refractivity contribution in [3.8, 4) is 0 Å². The summed E-state index contributed by atoms with van der Waals surface area (Å²) in [6, 6.07) is 8.99. The second kappa shape index (κ2) is 8.35. The van der Waals surface area contributed by atoms with Crippen molar-refractivity contribution < 1.29 is 18.0 Å². The Hall–Kier alpha value is -2.67. The number of benzene rings is 2. The Balaban J connectivity index is 1.62. The largest absolute Gasteiger partial charge is 0.279 e. The fourth-order valence-electron chi connectivity index (χ4n) is 5.13. The van der Waals surface area contributed by atoms with Crippen LogP contribution < -0.4 is 4.72 Å². The summed E-state index contributed by atoms with van der Waals surface area (Å²) in [5, 5.41) is 0. The van der Waals surface area contributed by atoms with E-state index in [1.165, 1.54) is 4.90 Å². The van der Waals surface area contributed by atoms with Gasteiger partial charge >= 0.3 is 0 Å². The van der Waals surface area contributed by atoms with Crippen LogP contribution >= 0.6 is 0 Å². The number of sulfonamides is 1. The number of rotatable bonds is 5. The third-order valence-electron chi connectivity index (χ3n) is 6.73. The summed E-state index contributed by atoms with van der Waals surface area (Å²) in [5.74, 6) is -0.652. The fourth-order valence-corrected chi connectivity index (χ4v) is 6.63. The number of amides is 2. The fraction of sp³-hybridized carbons (Fsp3) is 0.440. The molecule has 2 amide bonds. The highest BCUT2D eigenvalue weighted by Crippen LogP contribution is 2.38. The SMILES string of the molecule is Cc1cc(C)c(NS(=O)(=O)c2cc(CN3C(=O)C4CCCCC4C3=O)ccc2C)c(C)c1. The molecule has 2 atom stereocenters. The molecule has 1 heterocycles. The van der Waals surface area contributed by atoms with Crippen molar-refractivity contribution in [3.05, 3.63) is 58.1 Å². The Labute approximate surface area is 190 Å². The van der Waals surface area contributed by atoms with Gasteiger partial charge in [-0.3, -0.25) is 19.2 Å². The molecule has 7 heteroatoms. The van der Waals surface area contributed by atoms with E-state index in [0.29, 0.717) is 16.8 Å². The van der Waals surface area contributed by atoms with Gasteiger partial charge in [-0.25, -0.2) is 8.42 Å². The van der Waals surface area contributed by atoms with Gasteiger partial charge in [0.2, 0.25) is 11.8 Å². The normalized spacial score (nSPS) is 21.1. The van der Waals surface area contributed by atoms with E-state index in [2.05, 4.69) is 4.72 Å². The van der Waals surface area contributed by atoms with Gasteiger partial charge in [-0.1, -0.05) is 42.7 Å². The third-order valence-corrected chi connectivity index (χ3v) is 8.22. The number of hydrogen-bond acceptors (Lipinski definition) is 4. The van der Waals surface area contributed by atoms with Crippen LogP contribution in [0.5, 0.6) is 0 Å². The molecule has 1 saturated carbocycles. The highest BCUT2D eigenvalue weighted by Gasteiger charge is 2.47. The van der Waals surface area contributed by atoms with Crippen LogP contribution in [0.2, 0.25) is 0 Å². The minimum atomic E-state index is -3.84. The van der Waals surface area contributed by atoms with Crippen molar-refractivity contribution in [3.63, 3.8) is 0 Å². The first-order chi connectivity index (χ1) is 15.1. The molecule has 2 fully saturated rings. The molecule has 1 aliphatic carbocycles. The van der Waals surface area contributed by atoms with Crippen LogP contribution in [0.15, 0.2) is 35.2 Å². The van der Waals surface area contributed by atoms with Crippen molar-refractivity contribution in [2.24, 2.45) is 11.8 Å². The standard InChI is InChI=1S/C25H30N2O4S/c1-15-11-17(3)23(18(4)12-15)26-32(30,31)22-13-19(10-9-16(22)2)14-27-24(28)20-7-5-6-8-21(20)25(27)29/h9-13,20-21,26H,5-8,14H2,1-4H3. The quantitative estimate of drug-likeness (QED) is 0.679. The number of aryl methyl sites for hydroxylation is 4. The Morgan fingerprint density at radius 2 is 1.44 bits per heavy atom. The molecule has 0 radical (unpaired) electrons. The van der Waals surface area contributed by atoms with Gasteiger partial charge in [-0.15, -0.1) is 0 Å². The van der Waals surface area contributed by atoms with Crippen molar-refractivity contribution in [1.82, 2.24) is 4.90 Å². The van der Waals surface area contributed by atoms with Crippen LogP contribution in [0.4, 0.5) is 5.69 Å². The molecule has 2 aromatic rings. The summed E-state index contributed by atoms with van der Waals surface area (Å²) in [6.45, 7) is 7.59. The molecule has 2 aromatic carbocycles. The van der Waals surface area contributed by atoms with Crippen LogP contribution in [0.3, 0.4) is 0 Å².